The Morgan fingerprint density at radius 1 is 1.23 bits per heavy atom. The lowest BCUT2D eigenvalue weighted by Crippen LogP contribution is -2.56. The normalized spacial score (nSPS) is 18.5. The van der Waals surface area contributed by atoms with Crippen molar-refractivity contribution < 1.29 is 17.6 Å². The fourth-order valence-electron chi connectivity index (χ4n) is 2.76. The first kappa shape index (κ1) is 18.5. The lowest BCUT2D eigenvalue weighted by molar-refractivity contribution is -0.118. The van der Waals surface area contributed by atoms with E-state index >= 15 is 0 Å². The Labute approximate surface area is 152 Å². The Hall–Kier alpha value is -2.29. The highest BCUT2D eigenvalue weighted by atomic mass is 32.2. The van der Waals surface area contributed by atoms with Crippen molar-refractivity contribution in [2.45, 2.75) is 17.9 Å². The van der Waals surface area contributed by atoms with Gasteiger partial charge in [0.05, 0.1) is 4.90 Å². The number of anilines is 1. The monoisotopic (exact) mass is 377 g/mol. The number of rotatable bonds is 4. The minimum atomic E-state index is -3.66. The van der Waals surface area contributed by atoms with Gasteiger partial charge < -0.3 is 10.6 Å². The van der Waals surface area contributed by atoms with Gasteiger partial charge in [0.1, 0.15) is 11.9 Å². The lowest BCUT2D eigenvalue weighted by atomic mass is 10.2. The van der Waals surface area contributed by atoms with Crippen LogP contribution in [0, 0.1) is 12.7 Å². The Balaban J connectivity index is 1.71. The van der Waals surface area contributed by atoms with E-state index in [4.69, 9.17) is 0 Å². The summed E-state index contributed by atoms with van der Waals surface area (Å²) in [6.45, 7) is 2.28. The van der Waals surface area contributed by atoms with Crippen LogP contribution < -0.4 is 10.6 Å². The summed E-state index contributed by atoms with van der Waals surface area (Å²) < 4.78 is 40.3. The molecule has 138 valence electrons. The number of carbonyl (C=O) groups excluding carboxylic acids is 1. The van der Waals surface area contributed by atoms with Gasteiger partial charge >= 0.3 is 0 Å². The average Bonchev–Trinajstić information content (AvgIpc) is 2.65. The van der Waals surface area contributed by atoms with Gasteiger partial charge in [-0.25, -0.2) is 12.8 Å². The van der Waals surface area contributed by atoms with E-state index in [1.54, 1.807) is 37.3 Å². The van der Waals surface area contributed by atoms with Crippen LogP contribution >= 0.6 is 0 Å². The van der Waals surface area contributed by atoms with E-state index in [-0.39, 0.29) is 18.0 Å². The summed E-state index contributed by atoms with van der Waals surface area (Å²) in [5.41, 5.74) is 0.821. The third kappa shape index (κ3) is 3.92. The molecule has 8 heteroatoms. The summed E-state index contributed by atoms with van der Waals surface area (Å²) in [6.07, 6.45) is 0. The molecule has 0 aromatic heterocycles. The minimum absolute atomic E-state index is 0.0113. The van der Waals surface area contributed by atoms with Gasteiger partial charge in [-0.1, -0.05) is 24.3 Å². The maximum atomic E-state index is 13.6. The topological polar surface area (TPSA) is 78.5 Å². The molecule has 1 aliphatic rings. The molecule has 0 aliphatic carbocycles. The number of aryl methyl sites for hydroxylation is 1. The number of hydrogen-bond donors (Lipinski definition) is 2. The van der Waals surface area contributed by atoms with Crippen LogP contribution in [-0.4, -0.2) is 44.3 Å². The molecule has 2 aromatic rings. The van der Waals surface area contributed by atoms with Crippen molar-refractivity contribution in [3.63, 3.8) is 0 Å². The Bertz CT molecular complexity index is 903. The second kappa shape index (κ2) is 7.53. The average molecular weight is 377 g/mol. The van der Waals surface area contributed by atoms with Crippen LogP contribution in [0.4, 0.5) is 10.1 Å². The highest BCUT2D eigenvalue weighted by Gasteiger charge is 2.33. The molecule has 1 saturated heterocycles. The van der Waals surface area contributed by atoms with Crippen LogP contribution in [0.1, 0.15) is 5.56 Å². The van der Waals surface area contributed by atoms with Gasteiger partial charge in [0, 0.05) is 25.3 Å². The maximum absolute atomic E-state index is 13.6. The summed E-state index contributed by atoms with van der Waals surface area (Å²) in [5.74, 6) is -0.811. The largest absolute Gasteiger partial charge is 0.325 e. The van der Waals surface area contributed by atoms with Crippen molar-refractivity contribution in [1.82, 2.24) is 9.62 Å². The van der Waals surface area contributed by atoms with E-state index in [1.165, 1.54) is 22.5 Å². The molecule has 3 rings (SSSR count). The number of nitrogens with zero attached hydrogens (tertiary/aromatic N) is 1. The summed E-state index contributed by atoms with van der Waals surface area (Å²) in [5, 5.41) is 5.64. The van der Waals surface area contributed by atoms with E-state index in [0.29, 0.717) is 17.8 Å². The summed E-state index contributed by atoms with van der Waals surface area (Å²) in [4.78, 5) is 12.7. The molecule has 1 unspecified atom stereocenters. The van der Waals surface area contributed by atoms with Crippen LogP contribution in [0.2, 0.25) is 0 Å². The van der Waals surface area contributed by atoms with Crippen molar-refractivity contribution in [2.24, 2.45) is 0 Å². The molecule has 0 spiro atoms. The number of benzene rings is 2. The molecule has 2 N–H and O–H groups in total. The molecule has 1 aliphatic heterocycles. The van der Waals surface area contributed by atoms with Gasteiger partial charge in [-0.15, -0.1) is 0 Å². The molecule has 1 atom stereocenters. The van der Waals surface area contributed by atoms with Gasteiger partial charge in [0.25, 0.3) is 0 Å². The molecule has 1 amide bonds. The van der Waals surface area contributed by atoms with Crippen molar-refractivity contribution >= 4 is 21.6 Å². The molecular weight excluding hydrogens is 357 g/mol. The molecule has 0 radical (unpaired) electrons. The maximum Gasteiger partial charge on any atom is 0.243 e. The molecule has 1 fully saturated rings. The van der Waals surface area contributed by atoms with Crippen LogP contribution in [0.15, 0.2) is 53.4 Å². The molecular formula is C18H20FN3O3S. The minimum Gasteiger partial charge on any atom is -0.325 e. The number of nitrogens with one attached hydrogen (secondary N) is 2. The number of hydrogen-bond acceptors (Lipinski definition) is 4. The third-order valence-electron chi connectivity index (χ3n) is 4.27. The highest BCUT2D eigenvalue weighted by molar-refractivity contribution is 7.89. The van der Waals surface area contributed by atoms with E-state index < -0.39 is 27.8 Å². The zero-order valence-electron chi connectivity index (χ0n) is 14.3. The number of piperazine rings is 1. The van der Waals surface area contributed by atoms with E-state index in [1.807, 2.05) is 0 Å². The van der Waals surface area contributed by atoms with Crippen LogP contribution in [0.3, 0.4) is 0 Å². The summed E-state index contributed by atoms with van der Waals surface area (Å²) in [6, 6.07) is 11.8. The zero-order chi connectivity index (χ0) is 18.7. The number of carbonyl (C=O) groups is 1. The van der Waals surface area contributed by atoms with Crippen molar-refractivity contribution in [2.75, 3.05) is 25.0 Å². The Morgan fingerprint density at radius 3 is 2.65 bits per heavy atom. The first-order valence-electron chi connectivity index (χ1n) is 8.23. The summed E-state index contributed by atoms with van der Waals surface area (Å²) in [7, 11) is -3.66. The van der Waals surface area contributed by atoms with Crippen molar-refractivity contribution in [3.05, 3.63) is 59.9 Å². The molecule has 6 nitrogen and oxygen atoms in total. The van der Waals surface area contributed by atoms with Crippen LogP contribution in [-0.2, 0) is 14.8 Å². The fourth-order valence-corrected chi connectivity index (χ4v) is 4.23. The predicted molar refractivity (Wildman–Crippen MR) is 96.8 cm³/mol. The van der Waals surface area contributed by atoms with Gasteiger partial charge in [-0.05, 0) is 36.8 Å². The highest BCUT2D eigenvalue weighted by Crippen LogP contribution is 2.18. The molecule has 0 saturated carbocycles. The first-order valence-corrected chi connectivity index (χ1v) is 9.67. The SMILES string of the molecule is Cc1ccc(NC(=O)C2CN(S(=O)(=O)c3ccccc3)CCN2)cc1F. The van der Waals surface area contributed by atoms with Gasteiger partial charge in [0.15, 0.2) is 0 Å². The lowest BCUT2D eigenvalue weighted by Gasteiger charge is -2.32. The molecule has 2 aromatic carbocycles. The fraction of sp³-hybridized carbons (Fsp3) is 0.278. The van der Waals surface area contributed by atoms with Gasteiger partial charge in [-0.2, -0.15) is 4.31 Å². The zero-order valence-corrected chi connectivity index (χ0v) is 15.1. The third-order valence-corrected chi connectivity index (χ3v) is 6.15. The molecule has 1 heterocycles. The first-order chi connectivity index (χ1) is 12.4. The molecule has 0 bridgehead atoms. The van der Waals surface area contributed by atoms with Crippen molar-refractivity contribution in [1.29, 1.82) is 0 Å². The van der Waals surface area contributed by atoms with E-state index in [2.05, 4.69) is 10.6 Å². The van der Waals surface area contributed by atoms with Crippen LogP contribution in [0.5, 0.6) is 0 Å². The smallest absolute Gasteiger partial charge is 0.243 e. The van der Waals surface area contributed by atoms with Gasteiger partial charge in [-0.3, -0.25) is 4.79 Å². The Morgan fingerprint density at radius 2 is 1.96 bits per heavy atom. The van der Waals surface area contributed by atoms with Crippen LogP contribution in [0.25, 0.3) is 0 Å². The standard InChI is InChI=1S/C18H20FN3O3S/c1-13-7-8-14(11-16(13)19)21-18(23)17-12-22(10-9-20-17)26(24,25)15-5-3-2-4-6-15/h2-8,11,17,20H,9-10,12H2,1H3,(H,21,23). The second-order valence-corrected chi connectivity index (χ2v) is 8.07. The number of sulfonamides is 1. The Kier molecular flexibility index (Phi) is 5.36. The predicted octanol–water partition coefficient (Wildman–Crippen LogP) is 1.74. The number of amides is 1. The quantitative estimate of drug-likeness (QED) is 0.851. The molecule has 26 heavy (non-hydrogen) atoms. The second-order valence-electron chi connectivity index (χ2n) is 6.14. The van der Waals surface area contributed by atoms with E-state index in [0.717, 1.165) is 0 Å². The van der Waals surface area contributed by atoms with E-state index in [9.17, 15) is 17.6 Å². The van der Waals surface area contributed by atoms with Gasteiger partial charge in [0.2, 0.25) is 15.9 Å². The van der Waals surface area contributed by atoms with Crippen molar-refractivity contribution in [3.8, 4) is 0 Å². The summed E-state index contributed by atoms with van der Waals surface area (Å²) >= 11 is 0. The number of halogens is 1.